The lowest BCUT2D eigenvalue weighted by Gasteiger charge is -2.65. The third-order valence-corrected chi connectivity index (χ3v) is 11.9. The summed E-state index contributed by atoms with van der Waals surface area (Å²) in [5, 5.41) is 21.9. The number of carbonyl (C=O) groups excluding carboxylic acids is 3. The Morgan fingerprint density at radius 1 is 1.17 bits per heavy atom. The Kier molecular flexibility index (Phi) is 6.01. The van der Waals surface area contributed by atoms with Gasteiger partial charge in [0.15, 0.2) is 11.4 Å². The first kappa shape index (κ1) is 25.6. The molecule has 0 spiro atoms. The van der Waals surface area contributed by atoms with Gasteiger partial charge in [-0.3, -0.25) is 9.59 Å². The van der Waals surface area contributed by atoms with Crippen molar-refractivity contribution in [3.63, 3.8) is 0 Å². The Morgan fingerprint density at radius 2 is 1.86 bits per heavy atom. The Morgan fingerprint density at radius 3 is 2.53 bits per heavy atom. The van der Waals surface area contributed by atoms with Crippen LogP contribution >= 0.6 is 15.9 Å². The topological polar surface area (TPSA) is 101 Å². The quantitative estimate of drug-likeness (QED) is 0.426. The van der Waals surface area contributed by atoms with Crippen molar-refractivity contribution in [2.75, 3.05) is 6.61 Å². The Bertz CT molecular complexity index is 1180. The number of benzene rings is 1. The second kappa shape index (κ2) is 8.47. The minimum absolute atomic E-state index is 0.0414. The van der Waals surface area contributed by atoms with E-state index in [-0.39, 0.29) is 30.0 Å². The van der Waals surface area contributed by atoms with E-state index < -0.39 is 45.2 Å². The highest BCUT2D eigenvalue weighted by Gasteiger charge is 2.74. The number of aliphatic hydroxyl groups excluding tert-OH is 2. The van der Waals surface area contributed by atoms with Crippen molar-refractivity contribution in [3.05, 3.63) is 59.7 Å². The maximum Gasteiger partial charge on any atom is 0.339 e. The molecule has 2 N–H and O–H groups in total. The molecule has 0 aromatic heterocycles. The molecule has 8 atom stereocenters. The zero-order chi connectivity index (χ0) is 26.1. The maximum absolute atomic E-state index is 13.4. The molecule has 3 fully saturated rings. The number of aliphatic hydroxyl groups is 2. The largest absolute Gasteiger partial charge is 0.447 e. The van der Waals surface area contributed by atoms with Crippen LogP contribution in [0.15, 0.2) is 54.1 Å². The third-order valence-electron chi connectivity index (χ3n) is 9.96. The van der Waals surface area contributed by atoms with Gasteiger partial charge in [0.1, 0.15) is 6.61 Å². The van der Waals surface area contributed by atoms with Crippen LogP contribution in [0.25, 0.3) is 0 Å². The van der Waals surface area contributed by atoms with E-state index in [0.29, 0.717) is 18.4 Å². The molecule has 3 saturated carbocycles. The number of rotatable bonds is 4. The molecule has 192 valence electrons. The van der Waals surface area contributed by atoms with Crippen molar-refractivity contribution in [2.45, 2.75) is 62.5 Å². The van der Waals surface area contributed by atoms with E-state index in [4.69, 9.17) is 4.74 Å². The fourth-order valence-electron chi connectivity index (χ4n) is 8.19. The van der Waals surface area contributed by atoms with Gasteiger partial charge in [-0.2, -0.15) is 0 Å². The first-order valence-electron chi connectivity index (χ1n) is 12.7. The molecule has 7 heteroatoms. The SMILES string of the molecule is C[C@H]1C[C@H]2[C@@H]3CC[C@](OC(=O)c4ccccc4)(C(=O)CO)[C@@]3(C)C[C@H](O)[C@]2(Br)[C@@]2(C)C=CC(=O)C=C12. The molecular weight excluding hydrogens is 524 g/mol. The summed E-state index contributed by atoms with van der Waals surface area (Å²) in [6.07, 6.45) is 6.18. The zero-order valence-electron chi connectivity index (χ0n) is 20.9. The lowest BCUT2D eigenvalue weighted by atomic mass is 9.44. The molecule has 6 nitrogen and oxygen atoms in total. The zero-order valence-corrected chi connectivity index (χ0v) is 22.5. The van der Waals surface area contributed by atoms with E-state index in [1.54, 1.807) is 42.5 Å². The first-order valence-corrected chi connectivity index (χ1v) is 13.5. The molecule has 5 rings (SSSR count). The molecule has 4 aliphatic rings. The molecule has 0 unspecified atom stereocenters. The number of hydrogen-bond acceptors (Lipinski definition) is 6. The van der Waals surface area contributed by atoms with Crippen molar-refractivity contribution in [3.8, 4) is 0 Å². The highest BCUT2D eigenvalue weighted by atomic mass is 79.9. The van der Waals surface area contributed by atoms with Gasteiger partial charge in [-0.15, -0.1) is 0 Å². The second-order valence-corrected chi connectivity index (χ2v) is 12.8. The van der Waals surface area contributed by atoms with Gasteiger partial charge in [-0.1, -0.05) is 66.5 Å². The lowest BCUT2D eigenvalue weighted by Crippen LogP contribution is -2.69. The van der Waals surface area contributed by atoms with E-state index >= 15 is 0 Å². The van der Waals surface area contributed by atoms with Gasteiger partial charge in [0.05, 0.1) is 16.0 Å². The number of Topliss-reactive ketones (excluding diaryl/α,β-unsaturated/α-hetero) is 1. The van der Waals surface area contributed by atoms with Crippen molar-refractivity contribution in [2.24, 2.45) is 28.6 Å². The van der Waals surface area contributed by atoms with Crippen LogP contribution in [0.2, 0.25) is 0 Å². The minimum Gasteiger partial charge on any atom is -0.447 e. The summed E-state index contributed by atoms with van der Waals surface area (Å²) >= 11 is 4.03. The van der Waals surface area contributed by atoms with Gasteiger partial charge in [0, 0.05) is 10.8 Å². The summed E-state index contributed by atoms with van der Waals surface area (Å²) < 4.78 is 5.35. The highest BCUT2D eigenvalue weighted by Crippen LogP contribution is 2.72. The molecule has 0 heterocycles. The molecule has 1 aromatic carbocycles. The highest BCUT2D eigenvalue weighted by molar-refractivity contribution is 9.10. The number of alkyl halides is 1. The van der Waals surface area contributed by atoms with Crippen molar-refractivity contribution >= 4 is 33.5 Å². The molecule has 0 aliphatic heterocycles. The Balaban J connectivity index is 1.59. The summed E-state index contributed by atoms with van der Waals surface area (Å²) in [5.41, 5.74) is -1.64. The van der Waals surface area contributed by atoms with E-state index in [9.17, 15) is 24.6 Å². The normalized spacial score (nSPS) is 43.2. The maximum atomic E-state index is 13.4. The standard InChI is InChI=1S/C29H33BrO6/c1-17-13-22-20-10-12-28(24(34)16-31,36-25(35)18-7-5-4-6-8-18)27(20,3)15-23(33)29(22,30)26(2)11-9-19(32)14-21(17)26/h4-9,11,14,17,20,22-23,31,33H,10,12-13,15-16H2,1-3H3/t17-,20-,22-,23-,26-,27-,28-,29-/m0/s1. The van der Waals surface area contributed by atoms with Gasteiger partial charge in [0.2, 0.25) is 5.78 Å². The summed E-state index contributed by atoms with van der Waals surface area (Å²) in [4.78, 5) is 38.9. The average Bonchev–Trinajstić information content (AvgIpc) is 3.14. The summed E-state index contributed by atoms with van der Waals surface area (Å²) in [6, 6.07) is 8.55. The number of ether oxygens (including phenoxy) is 1. The second-order valence-electron chi connectivity index (χ2n) is 11.5. The monoisotopic (exact) mass is 556 g/mol. The minimum atomic E-state index is -1.53. The lowest BCUT2D eigenvalue weighted by molar-refractivity contribution is -0.175. The third kappa shape index (κ3) is 3.18. The molecule has 0 saturated heterocycles. The van der Waals surface area contributed by atoms with Crippen molar-refractivity contribution < 1.29 is 29.3 Å². The van der Waals surface area contributed by atoms with E-state index in [0.717, 1.165) is 12.0 Å². The van der Waals surface area contributed by atoms with Crippen LogP contribution in [-0.2, 0) is 14.3 Å². The number of halogens is 1. The number of ketones is 2. The summed E-state index contributed by atoms with van der Waals surface area (Å²) in [7, 11) is 0. The van der Waals surface area contributed by atoms with Crippen LogP contribution in [0, 0.1) is 28.6 Å². The van der Waals surface area contributed by atoms with Gasteiger partial charge in [-0.25, -0.2) is 4.79 Å². The summed E-state index contributed by atoms with van der Waals surface area (Å²) in [6.45, 7) is 5.38. The molecule has 0 bridgehead atoms. The van der Waals surface area contributed by atoms with Gasteiger partial charge in [0.25, 0.3) is 0 Å². The van der Waals surface area contributed by atoms with Gasteiger partial charge >= 0.3 is 5.97 Å². The fraction of sp³-hybridized carbons (Fsp3) is 0.552. The number of esters is 1. The van der Waals surface area contributed by atoms with Crippen LogP contribution in [0.1, 0.15) is 56.8 Å². The van der Waals surface area contributed by atoms with Crippen LogP contribution < -0.4 is 0 Å². The Labute approximate surface area is 219 Å². The van der Waals surface area contributed by atoms with Crippen LogP contribution in [0.5, 0.6) is 0 Å². The van der Waals surface area contributed by atoms with Gasteiger partial charge < -0.3 is 14.9 Å². The molecular formula is C29H33BrO6. The first-order chi connectivity index (χ1) is 16.9. The van der Waals surface area contributed by atoms with Crippen molar-refractivity contribution in [1.82, 2.24) is 0 Å². The number of hydrogen-bond donors (Lipinski definition) is 2. The molecule has 1 aromatic rings. The molecule has 0 radical (unpaired) electrons. The van der Waals surface area contributed by atoms with E-state index in [2.05, 4.69) is 29.8 Å². The van der Waals surface area contributed by atoms with Crippen molar-refractivity contribution in [1.29, 1.82) is 0 Å². The smallest absolute Gasteiger partial charge is 0.339 e. The number of allylic oxidation sites excluding steroid dienone is 4. The van der Waals surface area contributed by atoms with Gasteiger partial charge in [-0.05, 0) is 67.7 Å². The fourth-order valence-corrected chi connectivity index (χ4v) is 9.22. The molecule has 0 amide bonds. The Hall–Kier alpha value is -2.09. The number of fused-ring (bicyclic) bond motifs is 5. The predicted octanol–water partition coefficient (Wildman–Crippen LogP) is 4.19. The summed E-state index contributed by atoms with van der Waals surface area (Å²) in [5.74, 6) is -1.17. The number of carbonyl (C=O) groups is 3. The van der Waals surface area contributed by atoms with Crippen LogP contribution in [0.4, 0.5) is 0 Å². The van der Waals surface area contributed by atoms with E-state index in [1.165, 1.54) is 0 Å². The molecule has 36 heavy (non-hydrogen) atoms. The molecule has 4 aliphatic carbocycles. The van der Waals surface area contributed by atoms with E-state index in [1.807, 2.05) is 13.0 Å². The van der Waals surface area contributed by atoms with Crippen LogP contribution in [-0.4, -0.2) is 50.4 Å². The van der Waals surface area contributed by atoms with Crippen LogP contribution in [0.3, 0.4) is 0 Å². The average molecular weight is 557 g/mol. The predicted molar refractivity (Wildman–Crippen MR) is 137 cm³/mol.